The van der Waals surface area contributed by atoms with Crippen molar-refractivity contribution in [1.29, 1.82) is 0 Å². The fraction of sp³-hybridized carbons (Fsp3) is 0.625. The predicted octanol–water partition coefficient (Wildman–Crippen LogP) is 4.61. The molecule has 1 aliphatic heterocycles. The molecule has 8 heteroatoms. The highest BCUT2D eigenvalue weighted by Gasteiger charge is 2.28. The summed E-state index contributed by atoms with van der Waals surface area (Å²) in [5.74, 6) is -0.291. The van der Waals surface area contributed by atoms with E-state index in [1.807, 2.05) is 13.8 Å². The van der Waals surface area contributed by atoms with Crippen LogP contribution in [0.3, 0.4) is 0 Å². The molecule has 1 saturated heterocycles. The molecule has 1 aliphatic rings. The highest BCUT2D eigenvalue weighted by Crippen LogP contribution is 2.29. The third-order valence-corrected chi connectivity index (χ3v) is 6.53. The van der Waals surface area contributed by atoms with Crippen LogP contribution in [0.25, 0.3) is 0 Å². The van der Waals surface area contributed by atoms with E-state index in [-0.39, 0.29) is 24.2 Å². The van der Waals surface area contributed by atoms with Gasteiger partial charge in [0.15, 0.2) is 0 Å². The van der Waals surface area contributed by atoms with Gasteiger partial charge in [-0.25, -0.2) is 9.59 Å². The quantitative estimate of drug-likeness (QED) is 0.420. The predicted molar refractivity (Wildman–Crippen MR) is 101 cm³/mol. The molecule has 0 unspecified atom stereocenters. The van der Waals surface area contributed by atoms with Gasteiger partial charge < -0.3 is 14.4 Å². The number of rotatable bonds is 7. The summed E-state index contributed by atoms with van der Waals surface area (Å²) < 4.78 is 11.3. The molecule has 0 aromatic carbocycles. The number of aryl methyl sites for hydroxylation is 1. The Labute approximate surface area is 162 Å². The van der Waals surface area contributed by atoms with Crippen LogP contribution in [0.5, 0.6) is 0 Å². The molecule has 2 heterocycles. The third-order valence-electron chi connectivity index (χ3n) is 3.63. The Morgan fingerprint density at radius 1 is 1.54 bits per heavy atom. The van der Waals surface area contributed by atoms with Crippen LogP contribution in [0.1, 0.15) is 41.2 Å². The summed E-state index contributed by atoms with van der Waals surface area (Å²) in [7, 11) is 0. The summed E-state index contributed by atoms with van der Waals surface area (Å²) in [6.07, 6.45) is 2.09. The van der Waals surface area contributed by atoms with Gasteiger partial charge in [-0.05, 0) is 48.7 Å². The minimum absolute atomic E-state index is 0.131. The van der Waals surface area contributed by atoms with Gasteiger partial charge in [0.1, 0.15) is 4.88 Å². The minimum atomic E-state index is -0.291. The van der Waals surface area contributed by atoms with Crippen molar-refractivity contribution in [3.05, 3.63) is 20.3 Å². The van der Waals surface area contributed by atoms with Crippen molar-refractivity contribution in [1.82, 2.24) is 4.90 Å². The molecular weight excluding hydrogens is 462 g/mol. The fourth-order valence-electron chi connectivity index (χ4n) is 2.46. The lowest BCUT2D eigenvalue weighted by Crippen LogP contribution is -2.47. The summed E-state index contributed by atoms with van der Waals surface area (Å²) in [6.45, 7) is 4.80. The fourth-order valence-corrected chi connectivity index (χ4v) is 4.94. The molecule has 1 amide bonds. The number of amides is 1. The van der Waals surface area contributed by atoms with Gasteiger partial charge >= 0.3 is 12.1 Å². The Hall–Kier alpha value is -0.600. The zero-order chi connectivity index (χ0) is 17.7. The number of nitrogens with zero attached hydrogens (tertiary/aromatic N) is 1. The van der Waals surface area contributed by atoms with E-state index in [2.05, 4.69) is 31.9 Å². The Morgan fingerprint density at radius 2 is 2.29 bits per heavy atom. The largest absolute Gasteiger partial charge is 0.459 e. The molecule has 0 bridgehead atoms. The number of thiophene rings is 1. The van der Waals surface area contributed by atoms with Gasteiger partial charge in [-0.1, -0.05) is 15.9 Å². The number of hydrogen-bond donors (Lipinski definition) is 0. The molecule has 5 nitrogen and oxygen atoms in total. The number of esters is 1. The van der Waals surface area contributed by atoms with Crippen LogP contribution in [0.4, 0.5) is 4.79 Å². The van der Waals surface area contributed by atoms with Crippen LogP contribution in [-0.4, -0.2) is 47.6 Å². The van der Waals surface area contributed by atoms with Gasteiger partial charge in [-0.15, -0.1) is 11.3 Å². The Kier molecular flexibility index (Phi) is 7.56. The first-order chi connectivity index (χ1) is 11.4. The third kappa shape index (κ3) is 5.20. The standard InChI is InChI=1S/C16H21Br2NO4S/c1-10(2)23-15(20)14-8-12(18)13(24-14)4-3-6-19-11(9-17)5-7-22-16(19)21/h8,10-11H,3-7,9H2,1-2H3/t11-/m1/s1. The van der Waals surface area contributed by atoms with Gasteiger partial charge in [0.25, 0.3) is 0 Å². The molecule has 1 atom stereocenters. The van der Waals surface area contributed by atoms with Crippen molar-refractivity contribution in [3.63, 3.8) is 0 Å². The van der Waals surface area contributed by atoms with Gasteiger partial charge in [0.2, 0.25) is 0 Å². The molecule has 1 aromatic rings. The first-order valence-electron chi connectivity index (χ1n) is 7.91. The topological polar surface area (TPSA) is 55.8 Å². The molecule has 0 N–H and O–H groups in total. The molecule has 0 aliphatic carbocycles. The lowest BCUT2D eigenvalue weighted by molar-refractivity contribution is 0.0383. The smallest absolute Gasteiger partial charge is 0.410 e. The van der Waals surface area contributed by atoms with E-state index in [1.54, 1.807) is 11.0 Å². The van der Waals surface area contributed by atoms with Crippen molar-refractivity contribution in [2.24, 2.45) is 0 Å². The lowest BCUT2D eigenvalue weighted by Gasteiger charge is -2.33. The molecule has 24 heavy (non-hydrogen) atoms. The van der Waals surface area contributed by atoms with Crippen LogP contribution in [0.2, 0.25) is 0 Å². The van der Waals surface area contributed by atoms with Gasteiger partial charge in [0, 0.05) is 33.7 Å². The maximum atomic E-state index is 12.0. The highest BCUT2D eigenvalue weighted by molar-refractivity contribution is 9.10. The second kappa shape index (κ2) is 9.20. The second-order valence-electron chi connectivity index (χ2n) is 5.84. The first kappa shape index (κ1) is 19.7. The van der Waals surface area contributed by atoms with E-state index in [4.69, 9.17) is 9.47 Å². The van der Waals surface area contributed by atoms with E-state index in [1.165, 1.54) is 11.3 Å². The summed E-state index contributed by atoms with van der Waals surface area (Å²) in [4.78, 5) is 27.3. The van der Waals surface area contributed by atoms with Crippen molar-refractivity contribution >= 4 is 55.3 Å². The van der Waals surface area contributed by atoms with Crippen molar-refractivity contribution < 1.29 is 19.1 Å². The summed E-state index contributed by atoms with van der Waals surface area (Å²) in [5, 5.41) is 0.760. The molecule has 0 spiro atoms. The van der Waals surface area contributed by atoms with Crippen molar-refractivity contribution in [2.75, 3.05) is 18.5 Å². The number of cyclic esters (lactones) is 1. The van der Waals surface area contributed by atoms with Crippen LogP contribution >= 0.6 is 43.2 Å². The number of hydrogen-bond acceptors (Lipinski definition) is 5. The van der Waals surface area contributed by atoms with Crippen LogP contribution < -0.4 is 0 Å². The van der Waals surface area contributed by atoms with E-state index < -0.39 is 0 Å². The lowest BCUT2D eigenvalue weighted by atomic mass is 10.1. The normalized spacial score (nSPS) is 18.0. The Balaban J connectivity index is 1.91. The van der Waals surface area contributed by atoms with Crippen LogP contribution in [0.15, 0.2) is 10.5 Å². The average molecular weight is 483 g/mol. The van der Waals surface area contributed by atoms with Gasteiger partial charge in [0.05, 0.1) is 12.7 Å². The molecule has 1 fully saturated rings. The van der Waals surface area contributed by atoms with Gasteiger partial charge in [-0.3, -0.25) is 0 Å². The first-order valence-corrected chi connectivity index (χ1v) is 10.6. The Morgan fingerprint density at radius 3 is 2.96 bits per heavy atom. The number of carbonyl (C=O) groups excluding carboxylic acids is 2. The second-order valence-corrected chi connectivity index (χ2v) is 8.48. The maximum absolute atomic E-state index is 12.0. The van der Waals surface area contributed by atoms with E-state index in [9.17, 15) is 9.59 Å². The minimum Gasteiger partial charge on any atom is -0.459 e. The zero-order valence-corrected chi connectivity index (χ0v) is 17.7. The number of alkyl halides is 1. The molecule has 134 valence electrons. The number of carbonyl (C=O) groups is 2. The van der Waals surface area contributed by atoms with E-state index >= 15 is 0 Å². The zero-order valence-electron chi connectivity index (χ0n) is 13.7. The van der Waals surface area contributed by atoms with Gasteiger partial charge in [-0.2, -0.15) is 0 Å². The summed E-state index contributed by atoms with van der Waals surface area (Å²) in [6, 6.07) is 2.00. The van der Waals surface area contributed by atoms with Crippen molar-refractivity contribution in [3.8, 4) is 0 Å². The number of halogens is 2. The van der Waals surface area contributed by atoms with Crippen LogP contribution in [0, 0.1) is 0 Å². The van der Waals surface area contributed by atoms with Crippen molar-refractivity contribution in [2.45, 2.75) is 45.3 Å². The number of ether oxygens (including phenoxy) is 2. The molecule has 1 aromatic heterocycles. The molecule has 0 radical (unpaired) electrons. The summed E-state index contributed by atoms with van der Waals surface area (Å²) >= 11 is 8.40. The highest BCUT2D eigenvalue weighted by atomic mass is 79.9. The van der Waals surface area contributed by atoms with E-state index in [0.717, 1.165) is 33.9 Å². The Bertz CT molecular complexity index is 591. The molecular formula is C16H21Br2NO4S. The maximum Gasteiger partial charge on any atom is 0.410 e. The average Bonchev–Trinajstić information content (AvgIpc) is 2.89. The molecule has 2 rings (SSSR count). The summed E-state index contributed by atoms with van der Waals surface area (Å²) in [5.41, 5.74) is 0. The molecule has 0 saturated carbocycles. The van der Waals surface area contributed by atoms with Crippen LogP contribution in [-0.2, 0) is 15.9 Å². The van der Waals surface area contributed by atoms with E-state index in [0.29, 0.717) is 18.0 Å². The SMILES string of the molecule is CC(C)OC(=O)c1cc(Br)c(CCCN2C(=O)OCC[C@@H]2CBr)s1. The monoisotopic (exact) mass is 481 g/mol.